The lowest BCUT2D eigenvalue weighted by atomic mass is 10.2. The highest BCUT2D eigenvalue weighted by Crippen LogP contribution is 1.98. The lowest BCUT2D eigenvalue weighted by molar-refractivity contribution is 0.882. The van der Waals surface area contributed by atoms with Gasteiger partial charge in [0.2, 0.25) is 0 Å². The molecule has 3 N–H and O–H groups in total. The third-order valence-electron chi connectivity index (χ3n) is 1.31. The van der Waals surface area contributed by atoms with E-state index in [-0.39, 0.29) is 0 Å². The van der Waals surface area contributed by atoms with Crippen molar-refractivity contribution in [2.24, 2.45) is 10.7 Å². The maximum atomic E-state index is 5.41. The van der Waals surface area contributed by atoms with Crippen LogP contribution < -0.4 is 11.1 Å². The summed E-state index contributed by atoms with van der Waals surface area (Å²) in [5, 5.41) is 2.96. The molecule has 0 fully saturated rings. The van der Waals surface area contributed by atoms with Crippen LogP contribution in [0.25, 0.3) is 0 Å². The first-order valence-corrected chi connectivity index (χ1v) is 3.12. The van der Waals surface area contributed by atoms with Crippen molar-refractivity contribution in [2.75, 3.05) is 6.54 Å². The Bertz CT molecular complexity index is 213. The minimum Gasteiger partial charge on any atom is -0.384 e. The Morgan fingerprint density at radius 1 is 1.90 bits per heavy atom. The Hall–Kier alpha value is -1.25. The summed E-state index contributed by atoms with van der Waals surface area (Å²) >= 11 is 0. The van der Waals surface area contributed by atoms with E-state index in [0.717, 1.165) is 11.3 Å². The van der Waals surface area contributed by atoms with Crippen LogP contribution in [-0.4, -0.2) is 12.3 Å². The summed E-state index contributed by atoms with van der Waals surface area (Å²) < 4.78 is 0. The second kappa shape index (κ2) is 2.56. The fourth-order valence-electron chi connectivity index (χ4n) is 0.686. The highest BCUT2D eigenvalue weighted by Gasteiger charge is 2.03. The number of rotatable bonds is 1. The summed E-state index contributed by atoms with van der Waals surface area (Å²) in [6.07, 6.45) is 1.60. The van der Waals surface area contributed by atoms with Gasteiger partial charge >= 0.3 is 0 Å². The van der Waals surface area contributed by atoms with E-state index in [2.05, 4.69) is 16.9 Å². The van der Waals surface area contributed by atoms with Crippen LogP contribution in [-0.2, 0) is 0 Å². The van der Waals surface area contributed by atoms with Gasteiger partial charge in [-0.15, -0.1) is 0 Å². The van der Waals surface area contributed by atoms with Crippen LogP contribution in [0.15, 0.2) is 29.2 Å². The normalized spacial score (nSPS) is 16.9. The first-order chi connectivity index (χ1) is 4.70. The van der Waals surface area contributed by atoms with Gasteiger partial charge in [-0.2, -0.15) is 0 Å². The van der Waals surface area contributed by atoms with E-state index in [9.17, 15) is 0 Å². The molecule has 3 nitrogen and oxygen atoms in total. The average molecular weight is 137 g/mol. The van der Waals surface area contributed by atoms with E-state index < -0.39 is 0 Å². The second-order valence-electron chi connectivity index (χ2n) is 2.29. The SMILES string of the molecule is C=C(C)C1=NC=C(N)NC1. The number of hydrogen-bond acceptors (Lipinski definition) is 3. The van der Waals surface area contributed by atoms with Gasteiger partial charge in [-0.3, -0.25) is 4.99 Å². The first kappa shape index (κ1) is 6.86. The van der Waals surface area contributed by atoms with Crippen LogP contribution in [0, 0.1) is 0 Å². The summed E-state index contributed by atoms with van der Waals surface area (Å²) in [4.78, 5) is 4.08. The second-order valence-corrected chi connectivity index (χ2v) is 2.29. The van der Waals surface area contributed by atoms with Crippen molar-refractivity contribution < 1.29 is 0 Å². The Kier molecular flexibility index (Phi) is 1.76. The average Bonchev–Trinajstić information content (AvgIpc) is 1.88. The number of nitrogens with one attached hydrogen (secondary N) is 1. The third kappa shape index (κ3) is 1.37. The molecule has 0 saturated carbocycles. The molecule has 0 amide bonds. The summed E-state index contributed by atoms with van der Waals surface area (Å²) in [5.41, 5.74) is 7.36. The van der Waals surface area contributed by atoms with Gasteiger partial charge in [0.15, 0.2) is 0 Å². The Morgan fingerprint density at radius 2 is 2.60 bits per heavy atom. The molecule has 3 heteroatoms. The predicted molar refractivity (Wildman–Crippen MR) is 42.5 cm³/mol. The number of nitrogens with two attached hydrogens (primary N) is 1. The van der Waals surface area contributed by atoms with Gasteiger partial charge in [-0.25, -0.2) is 0 Å². The molecule has 54 valence electrons. The van der Waals surface area contributed by atoms with Gasteiger partial charge in [0, 0.05) is 0 Å². The highest BCUT2D eigenvalue weighted by atomic mass is 15.0. The van der Waals surface area contributed by atoms with Crippen LogP contribution in [0.5, 0.6) is 0 Å². The predicted octanol–water partition coefficient (Wildman–Crippen LogP) is 0.364. The molecular weight excluding hydrogens is 126 g/mol. The molecule has 1 rings (SSSR count). The van der Waals surface area contributed by atoms with E-state index in [4.69, 9.17) is 5.73 Å². The third-order valence-corrected chi connectivity index (χ3v) is 1.31. The largest absolute Gasteiger partial charge is 0.384 e. The zero-order valence-electron chi connectivity index (χ0n) is 6.02. The van der Waals surface area contributed by atoms with Crippen molar-refractivity contribution in [3.05, 3.63) is 24.2 Å². The molecule has 0 aromatic heterocycles. The molecule has 0 aliphatic carbocycles. The maximum Gasteiger partial charge on any atom is 0.115 e. The Balaban J connectivity index is 2.74. The van der Waals surface area contributed by atoms with Crippen LogP contribution in [0.2, 0.25) is 0 Å². The van der Waals surface area contributed by atoms with Gasteiger partial charge < -0.3 is 11.1 Å². The van der Waals surface area contributed by atoms with Gasteiger partial charge in [0.1, 0.15) is 5.82 Å². The molecule has 1 aliphatic heterocycles. The van der Waals surface area contributed by atoms with E-state index in [1.54, 1.807) is 6.20 Å². The molecule has 0 saturated heterocycles. The van der Waals surface area contributed by atoms with Crippen molar-refractivity contribution in [3.8, 4) is 0 Å². The quantitative estimate of drug-likeness (QED) is 0.548. The van der Waals surface area contributed by atoms with Crippen molar-refractivity contribution >= 4 is 5.71 Å². The molecule has 0 radical (unpaired) electrons. The molecule has 0 bridgehead atoms. The zero-order valence-corrected chi connectivity index (χ0v) is 6.02. The van der Waals surface area contributed by atoms with Crippen molar-refractivity contribution in [2.45, 2.75) is 6.92 Å². The first-order valence-electron chi connectivity index (χ1n) is 3.12. The molecule has 10 heavy (non-hydrogen) atoms. The molecule has 0 atom stereocenters. The number of hydrogen-bond donors (Lipinski definition) is 2. The lowest BCUT2D eigenvalue weighted by Gasteiger charge is -2.12. The topological polar surface area (TPSA) is 50.4 Å². The minimum absolute atomic E-state index is 0.616. The van der Waals surface area contributed by atoms with Gasteiger partial charge in [0.25, 0.3) is 0 Å². The van der Waals surface area contributed by atoms with Crippen LogP contribution in [0.3, 0.4) is 0 Å². The summed E-state index contributed by atoms with van der Waals surface area (Å²) in [6.45, 7) is 6.38. The minimum atomic E-state index is 0.616. The fourth-order valence-corrected chi connectivity index (χ4v) is 0.686. The summed E-state index contributed by atoms with van der Waals surface area (Å²) in [5.74, 6) is 0.616. The van der Waals surface area contributed by atoms with Gasteiger partial charge in [0.05, 0.1) is 18.5 Å². The fraction of sp³-hybridized carbons (Fsp3) is 0.286. The molecular formula is C7H11N3. The van der Waals surface area contributed by atoms with E-state index >= 15 is 0 Å². The van der Waals surface area contributed by atoms with Crippen molar-refractivity contribution in [3.63, 3.8) is 0 Å². The monoisotopic (exact) mass is 137 g/mol. The van der Waals surface area contributed by atoms with Crippen LogP contribution in [0.4, 0.5) is 0 Å². The highest BCUT2D eigenvalue weighted by molar-refractivity contribution is 6.01. The van der Waals surface area contributed by atoms with Gasteiger partial charge in [-0.05, 0) is 12.5 Å². The Labute approximate surface area is 60.3 Å². The summed E-state index contributed by atoms with van der Waals surface area (Å²) in [6, 6.07) is 0. The molecule has 0 aromatic carbocycles. The van der Waals surface area contributed by atoms with E-state index in [1.807, 2.05) is 6.92 Å². The van der Waals surface area contributed by atoms with Crippen molar-refractivity contribution in [1.82, 2.24) is 5.32 Å². The number of aliphatic imine (C=N–C) groups is 1. The summed E-state index contributed by atoms with van der Waals surface area (Å²) in [7, 11) is 0. The Morgan fingerprint density at radius 3 is 3.00 bits per heavy atom. The smallest absolute Gasteiger partial charge is 0.115 e. The van der Waals surface area contributed by atoms with Gasteiger partial charge in [-0.1, -0.05) is 6.58 Å². The van der Waals surface area contributed by atoms with E-state index in [1.165, 1.54) is 0 Å². The molecule has 1 aliphatic rings. The van der Waals surface area contributed by atoms with Crippen LogP contribution in [0.1, 0.15) is 6.92 Å². The zero-order chi connectivity index (χ0) is 7.56. The standard InChI is InChI=1S/C7H11N3/c1-5(2)6-3-10-7(8)4-9-6/h4,10H,1,3,8H2,2H3. The lowest BCUT2D eigenvalue weighted by Crippen LogP contribution is -2.29. The van der Waals surface area contributed by atoms with E-state index in [0.29, 0.717) is 12.4 Å². The molecule has 1 heterocycles. The van der Waals surface area contributed by atoms with Crippen LogP contribution >= 0.6 is 0 Å². The number of nitrogens with zero attached hydrogens (tertiary/aromatic N) is 1. The molecule has 0 aromatic rings. The molecule has 0 spiro atoms. The van der Waals surface area contributed by atoms with Crippen molar-refractivity contribution in [1.29, 1.82) is 0 Å². The molecule has 0 unspecified atom stereocenters. The maximum absolute atomic E-state index is 5.41.